The molecule has 0 aliphatic heterocycles. The van der Waals surface area contributed by atoms with Crippen molar-refractivity contribution in [2.75, 3.05) is 18.1 Å². The van der Waals surface area contributed by atoms with Gasteiger partial charge in [0.05, 0.1) is 5.92 Å². The number of ether oxygens (including phenoxy) is 2. The summed E-state index contributed by atoms with van der Waals surface area (Å²) in [6.45, 7) is 7.88. The van der Waals surface area contributed by atoms with Gasteiger partial charge in [0.2, 0.25) is 0 Å². The Bertz CT molecular complexity index is 1100. The van der Waals surface area contributed by atoms with Gasteiger partial charge in [-0.05, 0) is 85.9 Å². The van der Waals surface area contributed by atoms with E-state index in [1.807, 2.05) is 38.1 Å². The number of anilines is 2. The Morgan fingerprint density at radius 1 is 1.05 bits per heavy atom. The third-order valence-corrected chi connectivity index (χ3v) is 7.09. The topological polar surface area (TPSA) is 105 Å². The van der Waals surface area contributed by atoms with Crippen LogP contribution in [0.5, 0.6) is 5.75 Å². The van der Waals surface area contributed by atoms with E-state index >= 15 is 0 Å². The number of rotatable bonds is 11. The van der Waals surface area contributed by atoms with E-state index in [-0.39, 0.29) is 18.5 Å². The number of esters is 2. The number of hydrogen-bond donors (Lipinski definition) is 2. The van der Waals surface area contributed by atoms with Crippen molar-refractivity contribution >= 4 is 29.4 Å². The zero-order chi connectivity index (χ0) is 26.8. The first-order valence-electron chi connectivity index (χ1n) is 13.1. The van der Waals surface area contributed by atoms with E-state index in [9.17, 15) is 9.59 Å². The summed E-state index contributed by atoms with van der Waals surface area (Å²) in [5.74, 6) is 0.598. The summed E-state index contributed by atoms with van der Waals surface area (Å²) in [4.78, 5) is 24.9. The number of unbranched alkanes of at least 4 members (excludes halogenated alkanes) is 1. The molecule has 2 aromatic rings. The molecule has 0 aromatic heterocycles. The monoisotopic (exact) mass is 504 g/mol. The molecular formula is C31H40N2O4. The Morgan fingerprint density at radius 3 is 2.41 bits per heavy atom. The second-order valence-corrected chi connectivity index (χ2v) is 10.6. The number of nitrogens with two attached hydrogens (primary N) is 2. The standard InChI is InChI=1S/C31H40N2O4/c1-4-5-6-7-22-8-13-24(14-9-22)30(35)37-26-16-10-23(11-17-26)12-19-29(34)36-21-31(2,3)27-18-15-25(32)20-28(27)33/h4,10-12,15-20,22,24H,1,5-9,13-14,21,32-33H2,2-3H3. The maximum atomic E-state index is 12.6. The average molecular weight is 505 g/mol. The highest BCUT2D eigenvalue weighted by Gasteiger charge is 2.27. The van der Waals surface area contributed by atoms with Crippen molar-refractivity contribution in [1.82, 2.24) is 0 Å². The molecule has 4 N–H and O–H groups in total. The molecule has 198 valence electrons. The third-order valence-electron chi connectivity index (χ3n) is 7.09. The SMILES string of the molecule is C=CCCCC1CCC(C(=O)Oc2ccc(C=CC(=O)OCC(C)(C)c3ccc(N)cc3N)cc2)CC1. The van der Waals surface area contributed by atoms with Gasteiger partial charge in [0.25, 0.3) is 0 Å². The van der Waals surface area contributed by atoms with Crippen molar-refractivity contribution in [2.45, 2.75) is 64.2 Å². The maximum Gasteiger partial charge on any atom is 0.330 e. The Kier molecular flexibility index (Phi) is 9.95. The molecule has 3 rings (SSSR count). The fraction of sp³-hybridized carbons (Fsp3) is 0.419. The first kappa shape index (κ1) is 28.0. The summed E-state index contributed by atoms with van der Waals surface area (Å²) in [6, 6.07) is 12.5. The van der Waals surface area contributed by atoms with Gasteiger partial charge in [0.1, 0.15) is 12.4 Å². The van der Waals surface area contributed by atoms with Crippen LogP contribution >= 0.6 is 0 Å². The highest BCUT2D eigenvalue weighted by Crippen LogP contribution is 2.33. The van der Waals surface area contributed by atoms with E-state index in [0.29, 0.717) is 23.0 Å². The largest absolute Gasteiger partial charge is 0.462 e. The van der Waals surface area contributed by atoms with Crippen molar-refractivity contribution in [3.8, 4) is 5.75 Å². The predicted molar refractivity (Wildman–Crippen MR) is 150 cm³/mol. The van der Waals surface area contributed by atoms with E-state index in [4.69, 9.17) is 20.9 Å². The molecule has 37 heavy (non-hydrogen) atoms. The first-order valence-corrected chi connectivity index (χ1v) is 13.1. The molecule has 0 bridgehead atoms. The van der Waals surface area contributed by atoms with Crippen molar-refractivity contribution in [3.05, 3.63) is 72.3 Å². The summed E-state index contributed by atoms with van der Waals surface area (Å²) in [5.41, 5.74) is 14.3. The molecule has 0 spiro atoms. The summed E-state index contributed by atoms with van der Waals surface area (Å²) in [5, 5.41) is 0. The maximum absolute atomic E-state index is 12.6. The minimum atomic E-state index is -0.461. The Labute approximate surface area is 220 Å². The molecule has 1 aliphatic rings. The smallest absolute Gasteiger partial charge is 0.330 e. The number of nitrogen functional groups attached to an aromatic ring is 2. The number of hydrogen-bond acceptors (Lipinski definition) is 6. The van der Waals surface area contributed by atoms with Crippen LogP contribution in [0.25, 0.3) is 6.08 Å². The molecule has 0 atom stereocenters. The van der Waals surface area contributed by atoms with E-state index in [0.717, 1.165) is 43.2 Å². The zero-order valence-electron chi connectivity index (χ0n) is 22.1. The van der Waals surface area contributed by atoms with Gasteiger partial charge in [0.15, 0.2) is 0 Å². The molecule has 0 unspecified atom stereocenters. The highest BCUT2D eigenvalue weighted by atomic mass is 16.5. The fourth-order valence-electron chi connectivity index (χ4n) is 4.82. The van der Waals surface area contributed by atoms with Gasteiger partial charge in [-0.3, -0.25) is 4.79 Å². The van der Waals surface area contributed by atoms with Crippen LogP contribution in [0.2, 0.25) is 0 Å². The lowest BCUT2D eigenvalue weighted by Gasteiger charge is -2.27. The van der Waals surface area contributed by atoms with Crippen LogP contribution in [-0.4, -0.2) is 18.5 Å². The van der Waals surface area contributed by atoms with Crippen LogP contribution in [0.15, 0.2) is 61.2 Å². The van der Waals surface area contributed by atoms with E-state index in [1.54, 1.807) is 30.3 Å². The van der Waals surface area contributed by atoms with Gasteiger partial charge in [-0.25, -0.2) is 4.79 Å². The van der Waals surface area contributed by atoms with Crippen LogP contribution in [-0.2, 0) is 19.7 Å². The van der Waals surface area contributed by atoms with Crippen molar-refractivity contribution in [2.24, 2.45) is 11.8 Å². The van der Waals surface area contributed by atoms with E-state index in [1.165, 1.54) is 18.9 Å². The van der Waals surface area contributed by atoms with Crippen molar-refractivity contribution < 1.29 is 19.1 Å². The average Bonchev–Trinajstić information content (AvgIpc) is 2.87. The summed E-state index contributed by atoms with van der Waals surface area (Å²) in [7, 11) is 0. The van der Waals surface area contributed by atoms with Crippen molar-refractivity contribution in [1.29, 1.82) is 0 Å². The Morgan fingerprint density at radius 2 is 1.76 bits per heavy atom. The van der Waals surface area contributed by atoms with Crippen LogP contribution < -0.4 is 16.2 Å². The molecule has 0 saturated heterocycles. The van der Waals surface area contributed by atoms with Gasteiger partial charge in [-0.15, -0.1) is 6.58 Å². The van der Waals surface area contributed by atoms with Crippen LogP contribution in [0, 0.1) is 11.8 Å². The van der Waals surface area contributed by atoms with Gasteiger partial charge in [-0.2, -0.15) is 0 Å². The summed E-state index contributed by atoms with van der Waals surface area (Å²) >= 11 is 0. The van der Waals surface area contributed by atoms with Gasteiger partial charge >= 0.3 is 11.9 Å². The number of carbonyl (C=O) groups excluding carboxylic acids is 2. The van der Waals surface area contributed by atoms with Crippen LogP contribution in [0.1, 0.15) is 69.9 Å². The minimum Gasteiger partial charge on any atom is -0.462 e. The number of carbonyl (C=O) groups is 2. The predicted octanol–water partition coefficient (Wildman–Crippen LogP) is 6.45. The molecule has 1 aliphatic carbocycles. The van der Waals surface area contributed by atoms with Gasteiger partial charge < -0.3 is 20.9 Å². The Hall–Kier alpha value is -3.54. The minimum absolute atomic E-state index is 0.0298. The number of allylic oxidation sites excluding steroid dienone is 1. The molecule has 0 amide bonds. The quantitative estimate of drug-likeness (QED) is 0.0909. The van der Waals surface area contributed by atoms with Crippen LogP contribution in [0.4, 0.5) is 11.4 Å². The molecule has 0 radical (unpaired) electrons. The molecule has 0 heterocycles. The van der Waals surface area contributed by atoms with Gasteiger partial charge in [0, 0.05) is 22.9 Å². The Balaban J connectivity index is 1.44. The summed E-state index contributed by atoms with van der Waals surface area (Å²) < 4.78 is 11.1. The molecule has 2 aromatic carbocycles. The lowest BCUT2D eigenvalue weighted by molar-refractivity contribution is -0.140. The highest BCUT2D eigenvalue weighted by molar-refractivity contribution is 5.87. The molecular weight excluding hydrogens is 464 g/mol. The molecule has 6 heteroatoms. The summed E-state index contributed by atoms with van der Waals surface area (Å²) in [6.07, 6.45) is 12.4. The lowest BCUT2D eigenvalue weighted by atomic mass is 9.80. The first-order chi connectivity index (χ1) is 17.7. The van der Waals surface area contributed by atoms with Gasteiger partial charge in [-0.1, -0.05) is 44.5 Å². The van der Waals surface area contributed by atoms with E-state index in [2.05, 4.69) is 6.58 Å². The molecule has 6 nitrogen and oxygen atoms in total. The van der Waals surface area contributed by atoms with Crippen LogP contribution in [0.3, 0.4) is 0 Å². The third kappa shape index (κ3) is 8.52. The fourth-order valence-corrected chi connectivity index (χ4v) is 4.82. The second-order valence-electron chi connectivity index (χ2n) is 10.6. The second kappa shape index (κ2) is 13.1. The normalized spacial score (nSPS) is 17.9. The number of benzene rings is 2. The van der Waals surface area contributed by atoms with Crippen molar-refractivity contribution in [3.63, 3.8) is 0 Å². The van der Waals surface area contributed by atoms with E-state index < -0.39 is 11.4 Å². The zero-order valence-corrected chi connectivity index (χ0v) is 22.1. The molecule has 1 saturated carbocycles. The lowest BCUT2D eigenvalue weighted by Crippen LogP contribution is -2.27. The molecule has 1 fully saturated rings.